The minimum Gasteiger partial charge on any atom is -0.394 e. The molecular formula is C51H99NO15. The summed E-state index contributed by atoms with van der Waals surface area (Å²) in [7, 11) is 0. The maximum absolute atomic E-state index is 13.4. The average Bonchev–Trinajstić information content (AvgIpc) is 3.32. The summed E-state index contributed by atoms with van der Waals surface area (Å²) in [5.74, 6) is -0.774. The first kappa shape index (κ1) is 62.0. The van der Waals surface area contributed by atoms with Gasteiger partial charge in [-0.3, -0.25) is 4.79 Å². The van der Waals surface area contributed by atoms with Crippen LogP contribution in [0.5, 0.6) is 0 Å². The van der Waals surface area contributed by atoms with Gasteiger partial charge in [-0.25, -0.2) is 0 Å². The molecule has 2 aliphatic heterocycles. The summed E-state index contributed by atoms with van der Waals surface area (Å²) in [5.41, 5.74) is 0. The molecule has 2 fully saturated rings. The van der Waals surface area contributed by atoms with Gasteiger partial charge in [-0.2, -0.15) is 0 Å². The average molecular weight is 966 g/mol. The highest BCUT2D eigenvalue weighted by atomic mass is 16.8. The molecule has 0 saturated carbocycles. The summed E-state index contributed by atoms with van der Waals surface area (Å²) >= 11 is 0. The van der Waals surface area contributed by atoms with E-state index in [2.05, 4.69) is 19.2 Å². The van der Waals surface area contributed by atoms with E-state index in [9.17, 15) is 55.9 Å². The fourth-order valence-corrected chi connectivity index (χ4v) is 9.20. The number of carbonyl (C=O) groups is 1. The number of aliphatic hydroxyl groups is 10. The van der Waals surface area contributed by atoms with Crippen molar-refractivity contribution in [1.29, 1.82) is 0 Å². The molecule has 0 aromatic rings. The van der Waals surface area contributed by atoms with Crippen LogP contribution in [0.4, 0.5) is 0 Å². The summed E-state index contributed by atoms with van der Waals surface area (Å²) in [6, 6.07) is -1.31. The molecule has 398 valence electrons. The Morgan fingerprint density at radius 2 is 0.866 bits per heavy atom. The van der Waals surface area contributed by atoms with Crippen LogP contribution >= 0.6 is 0 Å². The van der Waals surface area contributed by atoms with Gasteiger partial charge in [-0.15, -0.1) is 0 Å². The molecule has 11 N–H and O–H groups in total. The third kappa shape index (κ3) is 25.2. The van der Waals surface area contributed by atoms with Gasteiger partial charge in [0.05, 0.1) is 32.0 Å². The first-order valence-electron chi connectivity index (χ1n) is 27.0. The van der Waals surface area contributed by atoms with Gasteiger partial charge in [0.1, 0.15) is 61.0 Å². The summed E-state index contributed by atoms with van der Waals surface area (Å²) in [6.07, 6.45) is 13.5. The van der Waals surface area contributed by atoms with Crippen LogP contribution in [-0.2, 0) is 23.7 Å². The van der Waals surface area contributed by atoms with Gasteiger partial charge in [-0.05, 0) is 12.8 Å². The zero-order chi connectivity index (χ0) is 49.2. The quantitative estimate of drug-likeness (QED) is 0.0346. The number of nitrogens with one attached hydrogen (secondary N) is 1. The zero-order valence-electron chi connectivity index (χ0n) is 41.6. The number of aliphatic hydroxyl groups excluding tert-OH is 10. The van der Waals surface area contributed by atoms with Gasteiger partial charge in [0.25, 0.3) is 0 Å². The summed E-state index contributed by atoms with van der Waals surface area (Å²) in [4.78, 5) is 13.4. The number of hydrogen-bond donors (Lipinski definition) is 11. The van der Waals surface area contributed by atoms with Crippen molar-refractivity contribution in [1.82, 2.24) is 5.32 Å². The lowest BCUT2D eigenvalue weighted by Crippen LogP contribution is -2.65. The molecule has 14 atom stereocenters. The first-order chi connectivity index (χ1) is 32.4. The van der Waals surface area contributed by atoms with Gasteiger partial charge >= 0.3 is 0 Å². The lowest BCUT2D eigenvalue weighted by Gasteiger charge is -2.46. The van der Waals surface area contributed by atoms with E-state index in [1.807, 2.05) is 0 Å². The van der Waals surface area contributed by atoms with Crippen LogP contribution in [0.25, 0.3) is 0 Å². The van der Waals surface area contributed by atoms with Crippen LogP contribution in [0.15, 0.2) is 0 Å². The summed E-state index contributed by atoms with van der Waals surface area (Å²) < 4.78 is 22.9. The smallest absolute Gasteiger partial charge is 0.249 e. The Balaban J connectivity index is 1.94. The van der Waals surface area contributed by atoms with E-state index in [1.165, 1.54) is 122 Å². The minimum absolute atomic E-state index is 0.193. The molecule has 16 heteroatoms. The molecule has 0 radical (unpaired) electrons. The van der Waals surface area contributed by atoms with Crippen molar-refractivity contribution >= 4 is 5.91 Å². The second kappa shape index (κ2) is 38.6. The number of rotatable bonds is 42. The van der Waals surface area contributed by atoms with Gasteiger partial charge in [-0.1, -0.05) is 200 Å². The van der Waals surface area contributed by atoms with Crippen LogP contribution in [-0.4, -0.2) is 163 Å². The molecule has 2 aliphatic rings. The van der Waals surface area contributed by atoms with Gasteiger partial charge in [0, 0.05) is 0 Å². The highest BCUT2D eigenvalue weighted by Gasteiger charge is 2.51. The van der Waals surface area contributed by atoms with Crippen molar-refractivity contribution < 1.29 is 74.8 Å². The lowest BCUT2D eigenvalue weighted by molar-refractivity contribution is -0.368. The van der Waals surface area contributed by atoms with Crippen LogP contribution in [0, 0.1) is 0 Å². The molecule has 2 rings (SSSR count). The second-order valence-corrected chi connectivity index (χ2v) is 19.7. The Kier molecular flexibility index (Phi) is 35.7. The Labute approximate surface area is 403 Å². The standard InChI is InChI=1S/C51H99NO15/c1-3-5-7-9-11-13-15-17-18-19-20-21-23-25-27-29-31-33-39(56)49(63)52-37(42(57)38(55)32-30-28-26-24-22-16-14-12-10-8-6-4-2)36-64-51-48(46(61)44(59)41(35-54)66-51)67-50-47(62)45(60)43(58)40(34-53)65-50/h37-48,50-51,53-62H,3-36H2,1-2H3,(H,52,63)/t37-,38+,39+,40+,41+,42-,43-,44-,45-,46-,47+,48+,50?,51-/m0/s1. The van der Waals surface area contributed by atoms with E-state index in [4.69, 9.17) is 18.9 Å². The topological polar surface area (TPSA) is 268 Å². The fraction of sp³-hybridized carbons (Fsp3) is 0.980. The zero-order valence-corrected chi connectivity index (χ0v) is 41.6. The SMILES string of the molecule is CCCCCCCCCCCCCCCCCCC[C@@H](O)C(=O)N[C@@H](CO[C@H]1O[C@H](CO)[C@H](O)[C@H](O)[C@H]1OC1O[C@H](CO)[C@H](O)[C@H](O)[C@H]1O)[C@H](O)[C@H](O)CCCCCCCCCCCCCC. The largest absolute Gasteiger partial charge is 0.394 e. The van der Waals surface area contributed by atoms with E-state index in [-0.39, 0.29) is 12.8 Å². The number of hydrogen-bond acceptors (Lipinski definition) is 15. The Morgan fingerprint density at radius 1 is 0.493 bits per heavy atom. The highest BCUT2D eigenvalue weighted by Crippen LogP contribution is 2.30. The molecular weight excluding hydrogens is 867 g/mol. The third-order valence-electron chi connectivity index (χ3n) is 13.8. The van der Waals surface area contributed by atoms with E-state index in [1.54, 1.807) is 0 Å². The number of unbranched alkanes of at least 4 members (excludes halogenated alkanes) is 27. The summed E-state index contributed by atoms with van der Waals surface area (Å²) in [5, 5.41) is 109. The van der Waals surface area contributed by atoms with E-state index in [0.717, 1.165) is 51.4 Å². The maximum atomic E-state index is 13.4. The number of ether oxygens (including phenoxy) is 4. The molecule has 2 heterocycles. The van der Waals surface area contributed by atoms with Crippen LogP contribution in [0.1, 0.15) is 213 Å². The lowest BCUT2D eigenvalue weighted by atomic mass is 9.97. The molecule has 0 spiro atoms. The Morgan fingerprint density at radius 3 is 1.28 bits per heavy atom. The molecule has 1 amide bonds. The molecule has 67 heavy (non-hydrogen) atoms. The third-order valence-corrected chi connectivity index (χ3v) is 13.8. The predicted molar refractivity (Wildman–Crippen MR) is 257 cm³/mol. The van der Waals surface area contributed by atoms with Crippen molar-refractivity contribution in [2.75, 3.05) is 19.8 Å². The first-order valence-corrected chi connectivity index (χ1v) is 27.0. The van der Waals surface area contributed by atoms with Gasteiger partial charge < -0.3 is 75.3 Å². The Hall–Kier alpha value is -1.09. The van der Waals surface area contributed by atoms with Crippen molar-refractivity contribution in [3.8, 4) is 0 Å². The van der Waals surface area contributed by atoms with Crippen molar-refractivity contribution in [3.63, 3.8) is 0 Å². The molecule has 0 bridgehead atoms. The second-order valence-electron chi connectivity index (χ2n) is 19.7. The monoisotopic (exact) mass is 966 g/mol. The van der Waals surface area contributed by atoms with Gasteiger partial charge in [0.2, 0.25) is 5.91 Å². The van der Waals surface area contributed by atoms with Crippen molar-refractivity contribution in [2.45, 2.75) is 299 Å². The molecule has 0 aromatic carbocycles. The molecule has 16 nitrogen and oxygen atoms in total. The number of carbonyl (C=O) groups excluding carboxylic acids is 1. The maximum Gasteiger partial charge on any atom is 0.249 e. The predicted octanol–water partition coefficient (Wildman–Crippen LogP) is 5.33. The number of amides is 1. The van der Waals surface area contributed by atoms with E-state index >= 15 is 0 Å². The van der Waals surface area contributed by atoms with E-state index in [0.29, 0.717) is 12.8 Å². The molecule has 2 saturated heterocycles. The van der Waals surface area contributed by atoms with E-state index < -0.39 is 111 Å². The van der Waals surface area contributed by atoms with Crippen LogP contribution in [0.2, 0.25) is 0 Å². The van der Waals surface area contributed by atoms with Crippen LogP contribution < -0.4 is 5.32 Å². The molecule has 0 aliphatic carbocycles. The minimum atomic E-state index is -1.87. The summed E-state index contributed by atoms with van der Waals surface area (Å²) in [6.45, 7) is 2.40. The van der Waals surface area contributed by atoms with Crippen molar-refractivity contribution in [3.05, 3.63) is 0 Å². The fourth-order valence-electron chi connectivity index (χ4n) is 9.20. The van der Waals surface area contributed by atoms with Crippen molar-refractivity contribution in [2.24, 2.45) is 0 Å². The molecule has 1 unspecified atom stereocenters. The Bertz CT molecular complexity index is 1170. The molecule has 0 aromatic heterocycles. The highest BCUT2D eigenvalue weighted by molar-refractivity contribution is 5.80. The normalized spacial score (nSPS) is 27.5. The van der Waals surface area contributed by atoms with Gasteiger partial charge in [0.15, 0.2) is 12.6 Å². The van der Waals surface area contributed by atoms with Crippen LogP contribution in [0.3, 0.4) is 0 Å².